The predicted octanol–water partition coefficient (Wildman–Crippen LogP) is 1.70. The summed E-state index contributed by atoms with van der Waals surface area (Å²) in [5.41, 5.74) is 6.70. The molecule has 2 atom stereocenters. The third-order valence-electron chi connectivity index (χ3n) is 4.21. The van der Waals surface area contributed by atoms with Crippen molar-refractivity contribution in [1.29, 1.82) is 0 Å². The highest BCUT2D eigenvalue weighted by Gasteiger charge is 2.33. The van der Waals surface area contributed by atoms with Crippen LogP contribution in [0.3, 0.4) is 0 Å². The zero-order valence-corrected chi connectivity index (χ0v) is 12.1. The van der Waals surface area contributed by atoms with Crippen LogP contribution in [0.5, 0.6) is 5.75 Å². The Bertz CT molecular complexity index is 521. The summed E-state index contributed by atoms with van der Waals surface area (Å²) in [6.07, 6.45) is 1.72. The highest BCUT2D eigenvalue weighted by molar-refractivity contribution is 6.30. The molecule has 5 heteroatoms. The van der Waals surface area contributed by atoms with Crippen LogP contribution in [0.4, 0.5) is 0 Å². The molecule has 1 aromatic rings. The Morgan fingerprint density at radius 1 is 1.50 bits per heavy atom. The van der Waals surface area contributed by atoms with E-state index in [2.05, 4.69) is 0 Å². The van der Waals surface area contributed by atoms with E-state index >= 15 is 0 Å². The first-order valence-electron chi connectivity index (χ1n) is 7.07. The van der Waals surface area contributed by atoms with Crippen molar-refractivity contribution >= 4 is 17.5 Å². The second-order valence-corrected chi connectivity index (χ2v) is 6.08. The number of hydrogen-bond acceptors (Lipinski definition) is 3. The van der Waals surface area contributed by atoms with Gasteiger partial charge in [-0.1, -0.05) is 11.6 Å². The quantitative estimate of drug-likeness (QED) is 0.903. The first kappa shape index (κ1) is 13.7. The Hall–Kier alpha value is -1.26. The highest BCUT2D eigenvalue weighted by atomic mass is 35.5. The second-order valence-electron chi connectivity index (χ2n) is 5.64. The first-order chi connectivity index (χ1) is 9.67. The van der Waals surface area contributed by atoms with Gasteiger partial charge in [-0.05, 0) is 49.1 Å². The number of nitrogens with two attached hydrogens (primary N) is 1. The van der Waals surface area contributed by atoms with Crippen molar-refractivity contribution < 1.29 is 9.53 Å². The molecule has 0 radical (unpaired) electrons. The molecule has 0 aliphatic carbocycles. The highest BCUT2D eigenvalue weighted by Crippen LogP contribution is 2.31. The lowest BCUT2D eigenvalue weighted by Crippen LogP contribution is -2.40. The summed E-state index contributed by atoms with van der Waals surface area (Å²) in [6, 6.07) is 5.58. The lowest BCUT2D eigenvalue weighted by Gasteiger charge is -2.28. The zero-order valence-electron chi connectivity index (χ0n) is 11.3. The van der Waals surface area contributed by atoms with Gasteiger partial charge in [0.05, 0.1) is 5.92 Å². The molecular weight excluding hydrogens is 276 g/mol. The first-order valence-corrected chi connectivity index (χ1v) is 7.45. The molecule has 2 N–H and O–H groups in total. The maximum atomic E-state index is 12.5. The van der Waals surface area contributed by atoms with Gasteiger partial charge in [-0.2, -0.15) is 0 Å². The Labute approximate surface area is 123 Å². The van der Waals surface area contributed by atoms with Crippen LogP contribution in [-0.4, -0.2) is 37.0 Å². The van der Waals surface area contributed by atoms with E-state index in [1.165, 1.54) is 0 Å². The van der Waals surface area contributed by atoms with Gasteiger partial charge in [0.2, 0.25) is 5.91 Å². The molecule has 1 saturated heterocycles. The van der Waals surface area contributed by atoms with Gasteiger partial charge in [-0.15, -0.1) is 0 Å². The number of ether oxygens (including phenoxy) is 1. The minimum Gasteiger partial charge on any atom is -0.492 e. The number of halogens is 1. The molecule has 0 aromatic heterocycles. The summed E-state index contributed by atoms with van der Waals surface area (Å²) in [7, 11) is 0. The smallest absolute Gasteiger partial charge is 0.229 e. The van der Waals surface area contributed by atoms with E-state index in [-0.39, 0.29) is 11.8 Å². The Balaban J connectivity index is 1.69. The number of rotatable bonds is 2. The molecule has 1 aromatic carbocycles. The summed E-state index contributed by atoms with van der Waals surface area (Å²) < 4.78 is 5.69. The summed E-state index contributed by atoms with van der Waals surface area (Å²) in [6.45, 7) is 2.72. The van der Waals surface area contributed by atoms with E-state index in [1.54, 1.807) is 0 Å². The number of fused-ring (bicyclic) bond motifs is 1. The average Bonchev–Trinajstić information content (AvgIpc) is 2.94. The fraction of sp³-hybridized carbons (Fsp3) is 0.533. The van der Waals surface area contributed by atoms with Crippen molar-refractivity contribution in [2.24, 2.45) is 17.6 Å². The third kappa shape index (κ3) is 2.63. The van der Waals surface area contributed by atoms with Crippen LogP contribution in [0.15, 0.2) is 18.2 Å². The van der Waals surface area contributed by atoms with Crippen LogP contribution in [0, 0.1) is 11.8 Å². The van der Waals surface area contributed by atoms with Gasteiger partial charge in [-0.3, -0.25) is 4.79 Å². The SMILES string of the molecule is NC[C@H]1CCN(C(=O)[C@H]2COc3ccc(Cl)cc3C2)C1. The van der Waals surface area contributed by atoms with E-state index in [1.807, 2.05) is 23.1 Å². The van der Waals surface area contributed by atoms with E-state index in [9.17, 15) is 4.79 Å². The van der Waals surface area contributed by atoms with E-state index in [0.29, 0.717) is 30.5 Å². The predicted molar refractivity (Wildman–Crippen MR) is 77.9 cm³/mol. The molecule has 1 fully saturated rings. The Morgan fingerprint density at radius 2 is 2.35 bits per heavy atom. The molecule has 2 aliphatic heterocycles. The molecular formula is C15H19ClN2O2. The number of likely N-dealkylation sites (tertiary alicyclic amines) is 1. The minimum atomic E-state index is -0.0995. The van der Waals surface area contributed by atoms with Gasteiger partial charge >= 0.3 is 0 Å². The van der Waals surface area contributed by atoms with Crippen molar-refractivity contribution in [2.75, 3.05) is 26.2 Å². The van der Waals surface area contributed by atoms with Crippen molar-refractivity contribution in [3.05, 3.63) is 28.8 Å². The molecule has 0 bridgehead atoms. The van der Waals surface area contributed by atoms with Crippen molar-refractivity contribution in [2.45, 2.75) is 12.8 Å². The standard InChI is InChI=1S/C15H19ClN2O2/c16-13-1-2-14-11(6-13)5-12(9-20-14)15(19)18-4-3-10(7-17)8-18/h1-2,6,10,12H,3-5,7-9,17H2/t10-,12-/m1/s1. The fourth-order valence-electron chi connectivity index (χ4n) is 3.01. The molecule has 108 valence electrons. The number of amides is 1. The molecule has 2 aliphatic rings. The maximum absolute atomic E-state index is 12.5. The molecule has 2 heterocycles. The van der Waals surface area contributed by atoms with E-state index in [4.69, 9.17) is 22.1 Å². The zero-order chi connectivity index (χ0) is 14.1. The number of carbonyl (C=O) groups excluding carboxylic acids is 1. The summed E-state index contributed by atoms with van der Waals surface area (Å²) in [5.74, 6) is 1.38. The summed E-state index contributed by atoms with van der Waals surface area (Å²) >= 11 is 6.00. The molecule has 0 unspecified atom stereocenters. The summed E-state index contributed by atoms with van der Waals surface area (Å²) in [5, 5.41) is 0.685. The topological polar surface area (TPSA) is 55.6 Å². The van der Waals surface area contributed by atoms with Gasteiger partial charge in [0.1, 0.15) is 12.4 Å². The van der Waals surface area contributed by atoms with Gasteiger partial charge < -0.3 is 15.4 Å². The largest absolute Gasteiger partial charge is 0.492 e. The molecule has 0 spiro atoms. The van der Waals surface area contributed by atoms with Gasteiger partial charge in [-0.25, -0.2) is 0 Å². The molecule has 4 nitrogen and oxygen atoms in total. The lowest BCUT2D eigenvalue weighted by molar-refractivity contribution is -0.135. The monoisotopic (exact) mass is 294 g/mol. The Morgan fingerprint density at radius 3 is 3.10 bits per heavy atom. The maximum Gasteiger partial charge on any atom is 0.229 e. The van der Waals surface area contributed by atoms with Crippen molar-refractivity contribution in [1.82, 2.24) is 4.90 Å². The number of benzene rings is 1. The van der Waals surface area contributed by atoms with E-state index < -0.39 is 0 Å². The third-order valence-corrected chi connectivity index (χ3v) is 4.44. The lowest BCUT2D eigenvalue weighted by atomic mass is 9.95. The van der Waals surface area contributed by atoms with Crippen LogP contribution in [0.1, 0.15) is 12.0 Å². The van der Waals surface area contributed by atoms with Crippen molar-refractivity contribution in [3.8, 4) is 5.75 Å². The fourth-order valence-corrected chi connectivity index (χ4v) is 3.20. The van der Waals surface area contributed by atoms with Gasteiger partial charge in [0.25, 0.3) is 0 Å². The Kier molecular flexibility index (Phi) is 3.85. The van der Waals surface area contributed by atoms with Crippen LogP contribution >= 0.6 is 11.6 Å². The number of carbonyl (C=O) groups is 1. The van der Waals surface area contributed by atoms with Crippen LogP contribution in [-0.2, 0) is 11.2 Å². The normalized spacial score (nSPS) is 25.2. The van der Waals surface area contributed by atoms with Crippen LogP contribution in [0.25, 0.3) is 0 Å². The van der Waals surface area contributed by atoms with Gasteiger partial charge in [0, 0.05) is 18.1 Å². The summed E-state index contributed by atoms with van der Waals surface area (Å²) in [4.78, 5) is 14.5. The van der Waals surface area contributed by atoms with Crippen molar-refractivity contribution in [3.63, 3.8) is 0 Å². The molecule has 20 heavy (non-hydrogen) atoms. The molecule has 3 rings (SSSR count). The van der Waals surface area contributed by atoms with Crippen LogP contribution in [0.2, 0.25) is 5.02 Å². The molecule has 0 saturated carbocycles. The van der Waals surface area contributed by atoms with Crippen LogP contribution < -0.4 is 10.5 Å². The number of hydrogen-bond donors (Lipinski definition) is 1. The second kappa shape index (κ2) is 5.62. The average molecular weight is 295 g/mol. The van der Waals surface area contributed by atoms with Gasteiger partial charge in [0.15, 0.2) is 0 Å². The van der Waals surface area contributed by atoms with E-state index in [0.717, 1.165) is 30.8 Å². The number of nitrogens with zero attached hydrogens (tertiary/aromatic N) is 1. The minimum absolute atomic E-state index is 0.0995. The molecule has 1 amide bonds.